The number of nitrogens with one attached hydrogen (secondary N) is 2. The number of hydrogen-bond acceptors (Lipinski definition) is 3. The van der Waals surface area contributed by atoms with Crippen LogP contribution in [0.4, 0.5) is 15.8 Å². The van der Waals surface area contributed by atoms with E-state index in [4.69, 9.17) is 16.9 Å². The van der Waals surface area contributed by atoms with Gasteiger partial charge in [0, 0.05) is 5.69 Å². The van der Waals surface area contributed by atoms with Gasteiger partial charge in [0.15, 0.2) is 0 Å². The Morgan fingerprint density at radius 3 is 2.73 bits per heavy atom. The quantitative estimate of drug-likeness (QED) is 0.901. The van der Waals surface area contributed by atoms with E-state index in [1.54, 1.807) is 31.2 Å². The standard InChI is InChI=1S/C16H13ClFN3O/c1-10(20-12-6-7-14(18)13(17)8-12)16(22)21-15-5-3-2-4-11(15)9-19/h2-8,10,20H,1H3,(H,21,22)/t10-/m1/s1. The van der Waals surface area contributed by atoms with E-state index >= 15 is 0 Å². The zero-order chi connectivity index (χ0) is 16.1. The van der Waals surface area contributed by atoms with Gasteiger partial charge in [0.1, 0.15) is 17.9 Å². The molecule has 2 N–H and O–H groups in total. The molecule has 0 spiro atoms. The van der Waals surface area contributed by atoms with Gasteiger partial charge in [0.2, 0.25) is 5.91 Å². The summed E-state index contributed by atoms with van der Waals surface area (Å²) < 4.78 is 13.1. The lowest BCUT2D eigenvalue weighted by Crippen LogP contribution is -2.32. The molecule has 0 radical (unpaired) electrons. The first kappa shape index (κ1) is 15.8. The van der Waals surface area contributed by atoms with Gasteiger partial charge in [-0.2, -0.15) is 5.26 Å². The fourth-order valence-corrected chi connectivity index (χ4v) is 2.01. The lowest BCUT2D eigenvalue weighted by atomic mass is 10.2. The first-order valence-corrected chi connectivity index (χ1v) is 6.90. The van der Waals surface area contributed by atoms with E-state index in [0.29, 0.717) is 16.9 Å². The molecule has 4 nitrogen and oxygen atoms in total. The van der Waals surface area contributed by atoms with Gasteiger partial charge in [0.25, 0.3) is 0 Å². The van der Waals surface area contributed by atoms with Crippen molar-refractivity contribution in [3.05, 3.63) is 58.9 Å². The molecule has 0 fully saturated rings. The summed E-state index contributed by atoms with van der Waals surface area (Å²) in [6.07, 6.45) is 0. The zero-order valence-electron chi connectivity index (χ0n) is 11.7. The summed E-state index contributed by atoms with van der Waals surface area (Å²) in [7, 11) is 0. The highest BCUT2D eigenvalue weighted by atomic mass is 35.5. The third-order valence-electron chi connectivity index (χ3n) is 3.00. The van der Waals surface area contributed by atoms with Crippen LogP contribution in [-0.4, -0.2) is 11.9 Å². The monoisotopic (exact) mass is 317 g/mol. The fraction of sp³-hybridized carbons (Fsp3) is 0.125. The van der Waals surface area contributed by atoms with Crippen LogP contribution in [0.5, 0.6) is 0 Å². The summed E-state index contributed by atoms with van der Waals surface area (Å²) in [6, 6.07) is 12.3. The summed E-state index contributed by atoms with van der Waals surface area (Å²) in [6.45, 7) is 1.65. The minimum atomic E-state index is -0.590. The van der Waals surface area contributed by atoms with Gasteiger partial charge >= 0.3 is 0 Å². The Kier molecular flexibility index (Phi) is 4.97. The Balaban J connectivity index is 2.06. The van der Waals surface area contributed by atoms with E-state index in [0.717, 1.165) is 0 Å². The van der Waals surface area contributed by atoms with E-state index in [2.05, 4.69) is 10.6 Å². The van der Waals surface area contributed by atoms with Gasteiger partial charge < -0.3 is 10.6 Å². The normalized spacial score (nSPS) is 11.4. The molecule has 0 saturated carbocycles. The van der Waals surface area contributed by atoms with Gasteiger partial charge in [-0.05, 0) is 37.3 Å². The highest BCUT2D eigenvalue weighted by molar-refractivity contribution is 6.31. The van der Waals surface area contributed by atoms with Crippen LogP contribution in [0.3, 0.4) is 0 Å². The van der Waals surface area contributed by atoms with E-state index in [9.17, 15) is 9.18 Å². The fourth-order valence-electron chi connectivity index (χ4n) is 1.83. The molecule has 2 aromatic rings. The second-order valence-corrected chi connectivity index (χ2v) is 5.05. The highest BCUT2D eigenvalue weighted by Crippen LogP contribution is 2.20. The van der Waals surface area contributed by atoms with Crippen molar-refractivity contribution in [3.8, 4) is 6.07 Å². The number of hydrogen-bond donors (Lipinski definition) is 2. The molecular weight excluding hydrogens is 305 g/mol. The molecule has 0 aromatic heterocycles. The van der Waals surface area contributed by atoms with Crippen molar-refractivity contribution < 1.29 is 9.18 Å². The molecule has 0 unspecified atom stereocenters. The van der Waals surface area contributed by atoms with Gasteiger partial charge in [0.05, 0.1) is 16.3 Å². The first-order chi connectivity index (χ1) is 10.5. The molecule has 112 valence electrons. The molecule has 2 rings (SSSR count). The Morgan fingerprint density at radius 1 is 1.32 bits per heavy atom. The Labute approximate surface area is 132 Å². The first-order valence-electron chi connectivity index (χ1n) is 6.53. The van der Waals surface area contributed by atoms with E-state index in [1.165, 1.54) is 18.2 Å². The highest BCUT2D eigenvalue weighted by Gasteiger charge is 2.14. The van der Waals surface area contributed by atoms with Crippen molar-refractivity contribution in [2.45, 2.75) is 13.0 Å². The maximum atomic E-state index is 13.1. The molecule has 0 aliphatic rings. The second-order valence-electron chi connectivity index (χ2n) is 4.64. The van der Waals surface area contributed by atoms with Crippen LogP contribution in [0.15, 0.2) is 42.5 Å². The van der Waals surface area contributed by atoms with Crippen molar-refractivity contribution in [2.24, 2.45) is 0 Å². The molecule has 0 saturated heterocycles. The van der Waals surface area contributed by atoms with Crippen molar-refractivity contribution in [1.82, 2.24) is 0 Å². The van der Waals surface area contributed by atoms with Crippen molar-refractivity contribution >= 4 is 28.9 Å². The zero-order valence-corrected chi connectivity index (χ0v) is 12.5. The molecule has 6 heteroatoms. The topological polar surface area (TPSA) is 64.9 Å². The molecule has 22 heavy (non-hydrogen) atoms. The molecular formula is C16H13ClFN3O. The largest absolute Gasteiger partial charge is 0.374 e. The average Bonchev–Trinajstić information content (AvgIpc) is 2.51. The van der Waals surface area contributed by atoms with Crippen LogP contribution in [0.25, 0.3) is 0 Å². The van der Waals surface area contributed by atoms with Gasteiger partial charge in [-0.15, -0.1) is 0 Å². The number of benzene rings is 2. The number of nitrogens with zero attached hydrogens (tertiary/aromatic N) is 1. The smallest absolute Gasteiger partial charge is 0.246 e. The van der Waals surface area contributed by atoms with Crippen molar-refractivity contribution in [2.75, 3.05) is 10.6 Å². The third-order valence-corrected chi connectivity index (χ3v) is 3.29. The SMILES string of the molecule is C[C@@H](Nc1ccc(F)c(Cl)c1)C(=O)Nc1ccccc1C#N. The lowest BCUT2D eigenvalue weighted by molar-refractivity contribution is -0.116. The Hall–Kier alpha value is -2.58. The van der Waals surface area contributed by atoms with Crippen LogP contribution in [-0.2, 0) is 4.79 Å². The molecule has 1 atom stereocenters. The van der Waals surface area contributed by atoms with Gasteiger partial charge in [-0.25, -0.2) is 4.39 Å². The number of carbonyl (C=O) groups excluding carboxylic acids is 1. The minimum absolute atomic E-state index is 0.0209. The predicted molar refractivity (Wildman–Crippen MR) is 84.3 cm³/mol. The van der Waals surface area contributed by atoms with Gasteiger partial charge in [-0.1, -0.05) is 23.7 Å². The molecule has 0 bridgehead atoms. The maximum Gasteiger partial charge on any atom is 0.246 e. The van der Waals surface area contributed by atoms with Crippen molar-refractivity contribution in [3.63, 3.8) is 0 Å². The lowest BCUT2D eigenvalue weighted by Gasteiger charge is -2.16. The van der Waals surface area contributed by atoms with Crippen LogP contribution in [0, 0.1) is 17.1 Å². The summed E-state index contributed by atoms with van der Waals surface area (Å²) >= 11 is 5.69. The molecule has 0 aliphatic heterocycles. The van der Waals surface area contributed by atoms with Crippen LogP contribution in [0.2, 0.25) is 5.02 Å². The summed E-state index contributed by atoms with van der Waals surface area (Å²) in [5, 5.41) is 14.6. The van der Waals surface area contributed by atoms with Crippen LogP contribution in [0.1, 0.15) is 12.5 Å². The van der Waals surface area contributed by atoms with Crippen LogP contribution >= 0.6 is 11.6 Å². The minimum Gasteiger partial charge on any atom is -0.374 e. The van der Waals surface area contributed by atoms with E-state index < -0.39 is 11.9 Å². The third kappa shape index (κ3) is 3.74. The molecule has 1 amide bonds. The number of nitriles is 1. The maximum absolute atomic E-state index is 13.1. The molecule has 2 aromatic carbocycles. The van der Waals surface area contributed by atoms with Crippen LogP contribution < -0.4 is 10.6 Å². The van der Waals surface area contributed by atoms with Gasteiger partial charge in [-0.3, -0.25) is 4.79 Å². The number of amides is 1. The van der Waals surface area contributed by atoms with Crippen molar-refractivity contribution in [1.29, 1.82) is 5.26 Å². The number of anilines is 2. The Bertz CT molecular complexity index is 742. The van der Waals surface area contributed by atoms with E-state index in [1.807, 2.05) is 6.07 Å². The summed E-state index contributed by atoms with van der Waals surface area (Å²) in [4.78, 5) is 12.1. The number of halogens is 2. The summed E-state index contributed by atoms with van der Waals surface area (Å²) in [5.41, 5.74) is 1.36. The predicted octanol–water partition coefficient (Wildman–Crippen LogP) is 3.79. The number of rotatable bonds is 4. The number of carbonyl (C=O) groups is 1. The molecule has 0 aliphatic carbocycles. The average molecular weight is 318 g/mol. The number of para-hydroxylation sites is 1. The van der Waals surface area contributed by atoms with E-state index in [-0.39, 0.29) is 10.9 Å². The Morgan fingerprint density at radius 2 is 2.05 bits per heavy atom. The summed E-state index contributed by atoms with van der Waals surface area (Å²) in [5.74, 6) is -0.838. The second kappa shape index (κ2) is 6.92. The molecule has 0 heterocycles.